The zero-order chi connectivity index (χ0) is 17.2. The van der Waals surface area contributed by atoms with Crippen molar-refractivity contribution < 1.29 is 13.2 Å². The van der Waals surface area contributed by atoms with Crippen molar-refractivity contribution in [1.82, 2.24) is 9.21 Å². The molecule has 3 rings (SSSR count). The number of rotatable bonds is 3. The molecule has 24 heavy (non-hydrogen) atoms. The number of nitrogens with zero attached hydrogens (tertiary/aromatic N) is 2. The van der Waals surface area contributed by atoms with Gasteiger partial charge in [0, 0.05) is 48.6 Å². The van der Waals surface area contributed by atoms with E-state index < -0.39 is 10.0 Å². The normalized spacial score (nSPS) is 21.0. The average molecular weight is 389 g/mol. The number of piperidine rings is 1. The lowest BCUT2D eigenvalue weighted by molar-refractivity contribution is -0.136. The summed E-state index contributed by atoms with van der Waals surface area (Å²) in [6.07, 6.45) is 1.19. The maximum atomic E-state index is 12.7. The zero-order valence-electron chi connectivity index (χ0n) is 13.4. The first-order valence-electron chi connectivity index (χ1n) is 8.11. The Morgan fingerprint density at radius 2 is 1.62 bits per heavy atom. The van der Waals surface area contributed by atoms with Crippen LogP contribution in [-0.2, 0) is 14.8 Å². The monoisotopic (exact) mass is 388 g/mol. The van der Waals surface area contributed by atoms with Gasteiger partial charge in [-0.25, -0.2) is 8.42 Å². The summed E-state index contributed by atoms with van der Waals surface area (Å²) in [6, 6.07) is 6.22. The van der Waals surface area contributed by atoms with Gasteiger partial charge in [0.25, 0.3) is 0 Å². The second-order valence-electron chi connectivity index (χ2n) is 6.07. The van der Waals surface area contributed by atoms with E-state index >= 15 is 0 Å². The molecule has 0 aromatic heterocycles. The third-order valence-electron chi connectivity index (χ3n) is 4.58. The molecule has 2 aliphatic heterocycles. The summed E-state index contributed by atoms with van der Waals surface area (Å²) < 4.78 is 26.8. The summed E-state index contributed by atoms with van der Waals surface area (Å²) in [7, 11) is -3.51. The summed E-state index contributed by atoms with van der Waals surface area (Å²) in [5, 5.41) is 0.512. The smallest absolute Gasteiger partial charge is 0.243 e. The number of benzene rings is 1. The average Bonchev–Trinajstić information content (AvgIpc) is 2.62. The topological polar surface area (TPSA) is 57.7 Å². The Labute approximate surface area is 152 Å². The van der Waals surface area contributed by atoms with E-state index in [-0.39, 0.29) is 16.7 Å². The molecule has 2 heterocycles. The summed E-state index contributed by atoms with van der Waals surface area (Å²) in [4.78, 5) is 14.7. The third kappa shape index (κ3) is 3.90. The lowest BCUT2D eigenvalue weighted by atomic mass is 9.96. The van der Waals surface area contributed by atoms with E-state index in [0.29, 0.717) is 31.0 Å². The molecule has 2 aliphatic rings. The van der Waals surface area contributed by atoms with Gasteiger partial charge in [-0.15, -0.1) is 0 Å². The predicted octanol–water partition coefficient (Wildman–Crippen LogP) is 2.32. The molecule has 0 saturated carbocycles. The van der Waals surface area contributed by atoms with Gasteiger partial charge in [-0.2, -0.15) is 16.1 Å². The lowest BCUT2D eigenvalue weighted by Crippen LogP contribution is -2.46. The SMILES string of the molecule is O=C(C1CCN(S(=O)(=O)c2ccc(Cl)cc2)CC1)N1CCSCC1. The maximum absolute atomic E-state index is 12.7. The molecule has 2 saturated heterocycles. The molecule has 0 aliphatic carbocycles. The van der Waals surface area contributed by atoms with Crippen LogP contribution in [0.1, 0.15) is 12.8 Å². The highest BCUT2D eigenvalue weighted by atomic mass is 35.5. The molecular weight excluding hydrogens is 368 g/mol. The summed E-state index contributed by atoms with van der Waals surface area (Å²) in [5.74, 6) is 2.13. The van der Waals surface area contributed by atoms with Gasteiger partial charge in [0.1, 0.15) is 0 Å². The highest BCUT2D eigenvalue weighted by Crippen LogP contribution is 2.26. The predicted molar refractivity (Wildman–Crippen MR) is 96.8 cm³/mol. The van der Waals surface area contributed by atoms with Gasteiger partial charge in [-0.1, -0.05) is 11.6 Å². The highest BCUT2D eigenvalue weighted by molar-refractivity contribution is 7.99. The van der Waals surface area contributed by atoms with E-state index in [4.69, 9.17) is 11.6 Å². The quantitative estimate of drug-likeness (QED) is 0.797. The van der Waals surface area contributed by atoms with E-state index in [0.717, 1.165) is 24.6 Å². The molecule has 1 amide bonds. The summed E-state index contributed by atoms with van der Waals surface area (Å²) in [6.45, 7) is 2.41. The molecule has 0 bridgehead atoms. The van der Waals surface area contributed by atoms with Crippen LogP contribution in [0.15, 0.2) is 29.2 Å². The van der Waals surface area contributed by atoms with Gasteiger partial charge in [0.05, 0.1) is 4.90 Å². The fourth-order valence-electron chi connectivity index (χ4n) is 3.14. The van der Waals surface area contributed by atoms with Gasteiger partial charge >= 0.3 is 0 Å². The molecule has 8 heteroatoms. The van der Waals surface area contributed by atoms with Crippen LogP contribution in [0.4, 0.5) is 0 Å². The molecule has 0 atom stereocenters. The third-order valence-corrected chi connectivity index (χ3v) is 7.68. The van der Waals surface area contributed by atoms with Crippen molar-refractivity contribution in [3.05, 3.63) is 29.3 Å². The highest BCUT2D eigenvalue weighted by Gasteiger charge is 2.34. The second kappa shape index (κ2) is 7.64. The fraction of sp³-hybridized carbons (Fsp3) is 0.562. The van der Waals surface area contributed by atoms with Crippen molar-refractivity contribution in [2.75, 3.05) is 37.7 Å². The van der Waals surface area contributed by atoms with Gasteiger partial charge in [0.2, 0.25) is 15.9 Å². The Morgan fingerprint density at radius 3 is 2.21 bits per heavy atom. The Hall–Kier alpha value is -0.760. The first-order chi connectivity index (χ1) is 11.5. The van der Waals surface area contributed by atoms with Crippen LogP contribution < -0.4 is 0 Å². The lowest BCUT2D eigenvalue weighted by Gasteiger charge is -2.35. The van der Waals surface area contributed by atoms with Gasteiger partial charge < -0.3 is 4.90 Å². The standard InChI is InChI=1S/C16H21ClN2O3S2/c17-14-1-3-15(4-2-14)24(21,22)19-7-5-13(6-8-19)16(20)18-9-11-23-12-10-18/h1-4,13H,5-12H2. The Morgan fingerprint density at radius 1 is 1.04 bits per heavy atom. The van der Waals surface area contributed by atoms with Crippen molar-refractivity contribution in [3.63, 3.8) is 0 Å². The van der Waals surface area contributed by atoms with Crippen molar-refractivity contribution in [3.8, 4) is 0 Å². The van der Waals surface area contributed by atoms with Gasteiger partial charge in [0.15, 0.2) is 0 Å². The second-order valence-corrected chi connectivity index (χ2v) is 9.67. The first-order valence-corrected chi connectivity index (χ1v) is 11.1. The Kier molecular flexibility index (Phi) is 5.74. The number of sulfonamides is 1. The van der Waals surface area contributed by atoms with Crippen LogP contribution in [0.5, 0.6) is 0 Å². The summed E-state index contributed by atoms with van der Waals surface area (Å²) in [5.41, 5.74) is 0. The van der Waals surface area contributed by atoms with E-state index in [1.165, 1.54) is 16.4 Å². The largest absolute Gasteiger partial charge is 0.341 e. The van der Waals surface area contributed by atoms with E-state index in [1.807, 2.05) is 16.7 Å². The minimum Gasteiger partial charge on any atom is -0.341 e. The Balaban J connectivity index is 1.62. The number of hydrogen-bond donors (Lipinski definition) is 0. The number of carbonyl (C=O) groups excluding carboxylic acids is 1. The molecule has 0 unspecified atom stereocenters. The number of amides is 1. The number of thioether (sulfide) groups is 1. The molecule has 0 radical (unpaired) electrons. The molecule has 2 fully saturated rings. The first kappa shape index (κ1) is 18.0. The molecular formula is C16H21ClN2O3S2. The number of hydrogen-bond acceptors (Lipinski definition) is 4. The molecule has 132 valence electrons. The fourth-order valence-corrected chi connectivity index (χ4v) is 5.64. The van der Waals surface area contributed by atoms with Gasteiger partial charge in [-0.05, 0) is 37.1 Å². The molecule has 5 nitrogen and oxygen atoms in total. The molecule has 1 aromatic carbocycles. The van der Waals surface area contributed by atoms with Crippen LogP contribution in [0.2, 0.25) is 5.02 Å². The van der Waals surface area contributed by atoms with Crippen molar-refractivity contribution >= 4 is 39.3 Å². The van der Waals surface area contributed by atoms with Crippen LogP contribution in [0.25, 0.3) is 0 Å². The van der Waals surface area contributed by atoms with Crippen molar-refractivity contribution in [1.29, 1.82) is 0 Å². The number of carbonyl (C=O) groups is 1. The van der Waals surface area contributed by atoms with Crippen molar-refractivity contribution in [2.24, 2.45) is 5.92 Å². The molecule has 0 N–H and O–H groups in total. The zero-order valence-corrected chi connectivity index (χ0v) is 15.7. The number of halogens is 1. The Bertz CT molecular complexity index is 680. The molecule has 0 spiro atoms. The van der Waals surface area contributed by atoms with E-state index in [9.17, 15) is 13.2 Å². The van der Waals surface area contributed by atoms with E-state index in [2.05, 4.69) is 0 Å². The van der Waals surface area contributed by atoms with Crippen LogP contribution in [0.3, 0.4) is 0 Å². The summed E-state index contributed by atoms with van der Waals surface area (Å²) >= 11 is 7.70. The minimum atomic E-state index is -3.51. The molecule has 1 aromatic rings. The van der Waals surface area contributed by atoms with Crippen molar-refractivity contribution in [2.45, 2.75) is 17.7 Å². The van der Waals surface area contributed by atoms with Crippen LogP contribution in [-0.4, -0.2) is 61.2 Å². The van der Waals surface area contributed by atoms with Crippen LogP contribution in [0, 0.1) is 5.92 Å². The van der Waals surface area contributed by atoms with Gasteiger partial charge in [-0.3, -0.25) is 4.79 Å². The maximum Gasteiger partial charge on any atom is 0.243 e. The van der Waals surface area contributed by atoms with E-state index in [1.54, 1.807) is 12.1 Å². The minimum absolute atomic E-state index is 0.0511. The van der Waals surface area contributed by atoms with Crippen LogP contribution >= 0.6 is 23.4 Å².